The molecule has 2 saturated heterocycles. The predicted octanol–water partition coefficient (Wildman–Crippen LogP) is 1.80. The SMILES string of the molecule is C=CC(=O)OCC1CC2CC(C(=O)OC(CS(=O)(=O)O)(C(F)(F)F)C(F)(F)F)C1O2. The first-order valence-corrected chi connectivity index (χ1v) is 9.88. The Kier molecular flexibility index (Phi) is 6.50. The maximum Gasteiger partial charge on any atom is 0.438 e. The van der Waals surface area contributed by atoms with Gasteiger partial charge in [-0.15, -0.1) is 0 Å². The van der Waals surface area contributed by atoms with Crippen LogP contribution in [0.25, 0.3) is 0 Å². The summed E-state index contributed by atoms with van der Waals surface area (Å²) in [4.78, 5) is 23.4. The van der Waals surface area contributed by atoms with Gasteiger partial charge in [-0.2, -0.15) is 34.8 Å². The first-order chi connectivity index (χ1) is 13.5. The molecule has 0 radical (unpaired) electrons. The fourth-order valence-corrected chi connectivity index (χ4v) is 4.37. The molecule has 30 heavy (non-hydrogen) atoms. The molecule has 2 rings (SSSR count). The van der Waals surface area contributed by atoms with E-state index in [-0.39, 0.29) is 19.4 Å². The predicted molar refractivity (Wildman–Crippen MR) is 83.4 cm³/mol. The van der Waals surface area contributed by atoms with Gasteiger partial charge in [-0.3, -0.25) is 9.35 Å². The molecule has 4 unspecified atom stereocenters. The van der Waals surface area contributed by atoms with Crippen LogP contribution in [0.4, 0.5) is 26.3 Å². The molecule has 2 aliphatic rings. The van der Waals surface area contributed by atoms with Crippen LogP contribution < -0.4 is 0 Å². The minimum atomic E-state index is -6.41. The Morgan fingerprint density at radius 1 is 1.13 bits per heavy atom. The maximum absolute atomic E-state index is 13.3. The summed E-state index contributed by atoms with van der Waals surface area (Å²) in [5, 5.41) is 0. The number of halogens is 6. The highest BCUT2D eigenvalue weighted by Crippen LogP contribution is 2.49. The lowest BCUT2D eigenvalue weighted by atomic mass is 9.81. The first-order valence-electron chi connectivity index (χ1n) is 8.27. The van der Waals surface area contributed by atoms with Gasteiger partial charge in [0.1, 0.15) is 5.75 Å². The van der Waals surface area contributed by atoms with Crippen molar-refractivity contribution in [1.29, 1.82) is 0 Å². The van der Waals surface area contributed by atoms with E-state index in [4.69, 9.17) is 14.0 Å². The Balaban J connectivity index is 2.27. The summed E-state index contributed by atoms with van der Waals surface area (Å²) in [5.74, 6) is -8.10. The van der Waals surface area contributed by atoms with Crippen molar-refractivity contribution in [3.05, 3.63) is 12.7 Å². The van der Waals surface area contributed by atoms with E-state index in [0.717, 1.165) is 6.08 Å². The summed E-state index contributed by atoms with van der Waals surface area (Å²) in [6, 6.07) is 0. The number of esters is 2. The Morgan fingerprint density at radius 3 is 2.13 bits per heavy atom. The Bertz CT molecular complexity index is 791. The molecular formula is C15H16F6O8S. The van der Waals surface area contributed by atoms with Gasteiger partial charge in [0.2, 0.25) is 0 Å². The number of fused-ring (bicyclic) bond motifs is 2. The molecule has 2 aliphatic heterocycles. The van der Waals surface area contributed by atoms with Crippen LogP contribution in [0.15, 0.2) is 12.7 Å². The van der Waals surface area contributed by atoms with Crippen molar-refractivity contribution in [2.24, 2.45) is 11.8 Å². The molecule has 0 spiro atoms. The highest BCUT2D eigenvalue weighted by Gasteiger charge is 2.76. The molecule has 1 N–H and O–H groups in total. The number of ether oxygens (including phenoxy) is 3. The van der Waals surface area contributed by atoms with Gasteiger partial charge >= 0.3 is 29.9 Å². The average molecular weight is 470 g/mol. The second-order valence-electron chi connectivity index (χ2n) is 6.86. The fraction of sp³-hybridized carbons (Fsp3) is 0.733. The van der Waals surface area contributed by atoms with Crippen molar-refractivity contribution >= 4 is 22.1 Å². The monoisotopic (exact) mass is 470 g/mol. The van der Waals surface area contributed by atoms with Crippen molar-refractivity contribution in [3.8, 4) is 0 Å². The second kappa shape index (κ2) is 8.00. The molecule has 8 nitrogen and oxygen atoms in total. The van der Waals surface area contributed by atoms with E-state index < -0.39 is 69.8 Å². The molecule has 0 aromatic rings. The largest absolute Gasteiger partial charge is 0.462 e. The molecule has 4 atom stereocenters. The summed E-state index contributed by atoms with van der Waals surface area (Å²) in [6.45, 7) is 2.82. The number of alkyl halides is 6. The molecule has 2 fully saturated rings. The van der Waals surface area contributed by atoms with Gasteiger partial charge in [-0.25, -0.2) is 4.79 Å². The Labute approximate surface area is 165 Å². The second-order valence-corrected chi connectivity index (χ2v) is 8.32. The third-order valence-corrected chi connectivity index (χ3v) is 5.55. The normalized spacial score (nSPS) is 27.0. The van der Waals surface area contributed by atoms with Gasteiger partial charge in [0.25, 0.3) is 10.1 Å². The van der Waals surface area contributed by atoms with Crippen molar-refractivity contribution < 1.29 is 63.1 Å². The third kappa shape index (κ3) is 4.88. The third-order valence-electron chi connectivity index (χ3n) is 4.78. The molecule has 0 amide bonds. The fourth-order valence-electron chi connectivity index (χ4n) is 3.47. The topological polar surface area (TPSA) is 116 Å². The minimum Gasteiger partial charge on any atom is -0.462 e. The van der Waals surface area contributed by atoms with E-state index in [1.165, 1.54) is 0 Å². The van der Waals surface area contributed by atoms with E-state index in [0.29, 0.717) is 0 Å². The number of hydrogen-bond acceptors (Lipinski definition) is 7. The molecule has 2 heterocycles. The standard InChI is InChI=1S/C15H16F6O8S/c1-2-10(22)27-5-7-3-8-4-9(11(7)28-8)12(23)29-13(14(16,17)18,15(19,20)21)6-30(24,25)26/h2,7-9,11H,1,3-6H2,(H,24,25,26). The van der Waals surface area contributed by atoms with Gasteiger partial charge in [0.15, 0.2) is 0 Å². The van der Waals surface area contributed by atoms with Crippen molar-refractivity contribution in [2.45, 2.75) is 43.0 Å². The van der Waals surface area contributed by atoms with Crippen LogP contribution in [-0.4, -0.2) is 67.4 Å². The van der Waals surface area contributed by atoms with Crippen LogP contribution in [0, 0.1) is 11.8 Å². The van der Waals surface area contributed by atoms with Gasteiger partial charge in [0.05, 0.1) is 24.7 Å². The summed E-state index contributed by atoms with van der Waals surface area (Å²) < 4.78 is 124. The van der Waals surface area contributed by atoms with Crippen LogP contribution in [-0.2, 0) is 33.9 Å². The number of carbonyl (C=O) groups is 2. The molecule has 0 aromatic heterocycles. The zero-order valence-corrected chi connectivity index (χ0v) is 15.7. The molecule has 172 valence electrons. The lowest BCUT2D eigenvalue weighted by molar-refractivity contribution is -0.362. The Hall–Kier alpha value is -1.87. The number of hydrogen-bond donors (Lipinski definition) is 1. The highest BCUT2D eigenvalue weighted by atomic mass is 32.2. The van der Waals surface area contributed by atoms with Crippen LogP contribution in [0.1, 0.15) is 12.8 Å². The first kappa shape index (κ1) is 24.4. The van der Waals surface area contributed by atoms with E-state index in [9.17, 15) is 44.3 Å². The molecule has 2 bridgehead atoms. The smallest absolute Gasteiger partial charge is 0.438 e. The summed E-state index contributed by atoms with van der Waals surface area (Å²) >= 11 is 0. The van der Waals surface area contributed by atoms with Crippen LogP contribution in [0.3, 0.4) is 0 Å². The van der Waals surface area contributed by atoms with Crippen LogP contribution in [0.2, 0.25) is 0 Å². The number of rotatable bonds is 7. The van der Waals surface area contributed by atoms with Crippen molar-refractivity contribution in [1.82, 2.24) is 0 Å². The average Bonchev–Trinajstić information content (AvgIpc) is 3.16. The van der Waals surface area contributed by atoms with Gasteiger partial charge < -0.3 is 14.2 Å². The van der Waals surface area contributed by atoms with Gasteiger partial charge in [-0.05, 0) is 12.8 Å². The van der Waals surface area contributed by atoms with E-state index in [1.807, 2.05) is 0 Å². The van der Waals surface area contributed by atoms with Crippen LogP contribution in [0.5, 0.6) is 0 Å². The maximum atomic E-state index is 13.3. The molecule has 0 saturated carbocycles. The molecule has 15 heteroatoms. The molecule has 0 aliphatic carbocycles. The highest BCUT2D eigenvalue weighted by molar-refractivity contribution is 7.85. The minimum absolute atomic E-state index is 0.230. The van der Waals surface area contributed by atoms with E-state index in [1.54, 1.807) is 0 Å². The van der Waals surface area contributed by atoms with E-state index >= 15 is 0 Å². The Morgan fingerprint density at radius 2 is 1.70 bits per heavy atom. The van der Waals surface area contributed by atoms with Crippen molar-refractivity contribution in [2.75, 3.05) is 12.4 Å². The summed E-state index contributed by atoms with van der Waals surface area (Å²) in [7, 11) is -5.87. The lowest BCUT2D eigenvalue weighted by Gasteiger charge is -2.37. The molecular weight excluding hydrogens is 454 g/mol. The summed E-state index contributed by atoms with van der Waals surface area (Å²) in [5.41, 5.74) is -5.47. The zero-order valence-electron chi connectivity index (χ0n) is 14.9. The van der Waals surface area contributed by atoms with Gasteiger partial charge in [-0.1, -0.05) is 6.58 Å². The quantitative estimate of drug-likeness (QED) is 0.259. The van der Waals surface area contributed by atoms with Crippen molar-refractivity contribution in [3.63, 3.8) is 0 Å². The molecule has 0 aromatic carbocycles. The summed E-state index contributed by atoms with van der Waals surface area (Å²) in [6.07, 6.45) is -13.9. The van der Waals surface area contributed by atoms with Gasteiger partial charge in [0, 0.05) is 12.0 Å². The van der Waals surface area contributed by atoms with Crippen LogP contribution >= 0.6 is 0 Å². The number of carbonyl (C=O) groups excluding carboxylic acids is 2. The lowest BCUT2D eigenvalue weighted by Crippen LogP contribution is -2.64. The van der Waals surface area contributed by atoms with E-state index in [2.05, 4.69) is 11.3 Å². The zero-order chi connectivity index (χ0) is 23.1.